The molecule has 13 heteroatoms. The van der Waals surface area contributed by atoms with Gasteiger partial charge in [0.1, 0.15) is 15.9 Å². The van der Waals surface area contributed by atoms with Gasteiger partial charge in [0.15, 0.2) is 0 Å². The van der Waals surface area contributed by atoms with E-state index < -0.39 is 33.7 Å². The Hall–Kier alpha value is -3.37. The lowest BCUT2D eigenvalue weighted by molar-refractivity contribution is -0.139. The number of hydrogen-bond acceptors (Lipinski definition) is 8. The van der Waals surface area contributed by atoms with Crippen LogP contribution < -0.4 is 5.73 Å². The highest BCUT2D eigenvalue weighted by molar-refractivity contribution is 7.91. The SMILES string of the molecule is CC(C)N(C[C@H]1CN(S(=O)(=O)c2cc3ccc(Cl)cc3s2)CC(=O)N1Cc1ccc(C#N)c(N)c1)C(=O)OC(C)(C)C. The monoisotopic (exact) mass is 631 g/mol. The Morgan fingerprint density at radius 3 is 2.57 bits per heavy atom. The Kier molecular flexibility index (Phi) is 9.08. The third-order valence-electron chi connectivity index (χ3n) is 6.79. The van der Waals surface area contributed by atoms with Crippen LogP contribution in [0.25, 0.3) is 10.1 Å². The number of fused-ring (bicyclic) bond motifs is 1. The molecule has 42 heavy (non-hydrogen) atoms. The first-order valence-corrected chi connectivity index (χ1v) is 16.0. The number of thiophene rings is 1. The summed E-state index contributed by atoms with van der Waals surface area (Å²) < 4.78 is 35.3. The van der Waals surface area contributed by atoms with Gasteiger partial charge in [-0.1, -0.05) is 23.7 Å². The number of nitrogen functional groups attached to an aromatic ring is 1. The van der Waals surface area contributed by atoms with Gasteiger partial charge in [0.05, 0.1) is 18.2 Å². The van der Waals surface area contributed by atoms with Gasteiger partial charge >= 0.3 is 6.09 Å². The van der Waals surface area contributed by atoms with Crippen LogP contribution in [0, 0.1) is 11.3 Å². The minimum Gasteiger partial charge on any atom is -0.444 e. The number of rotatable bonds is 7. The molecule has 2 aromatic carbocycles. The molecular formula is C29H34ClN5O5S2. The van der Waals surface area contributed by atoms with Crippen LogP contribution in [0.15, 0.2) is 46.7 Å². The van der Waals surface area contributed by atoms with Gasteiger partial charge in [-0.2, -0.15) is 9.57 Å². The molecule has 1 aliphatic rings. The number of piperazine rings is 1. The van der Waals surface area contributed by atoms with Crippen LogP contribution in [0.1, 0.15) is 45.7 Å². The predicted octanol–water partition coefficient (Wildman–Crippen LogP) is 5.06. The maximum absolute atomic E-state index is 13.8. The number of carbonyl (C=O) groups excluding carboxylic acids is 2. The summed E-state index contributed by atoms with van der Waals surface area (Å²) in [7, 11) is -4.05. The second-order valence-electron chi connectivity index (χ2n) is 11.5. The van der Waals surface area contributed by atoms with Crippen molar-refractivity contribution in [2.45, 2.75) is 63.1 Å². The van der Waals surface area contributed by atoms with Crippen molar-refractivity contribution < 1.29 is 22.7 Å². The Labute approximate surface area is 255 Å². The van der Waals surface area contributed by atoms with E-state index in [1.807, 2.05) is 19.9 Å². The summed E-state index contributed by atoms with van der Waals surface area (Å²) in [6, 6.07) is 12.7. The van der Waals surface area contributed by atoms with Crippen molar-refractivity contribution in [2.75, 3.05) is 25.4 Å². The number of anilines is 1. The maximum atomic E-state index is 13.8. The molecule has 1 atom stereocenters. The van der Waals surface area contributed by atoms with Crippen LogP contribution in [0.4, 0.5) is 10.5 Å². The van der Waals surface area contributed by atoms with Crippen molar-refractivity contribution in [1.82, 2.24) is 14.1 Å². The highest BCUT2D eigenvalue weighted by Crippen LogP contribution is 2.34. The van der Waals surface area contributed by atoms with Crippen molar-refractivity contribution >= 4 is 60.7 Å². The van der Waals surface area contributed by atoms with Crippen molar-refractivity contribution in [2.24, 2.45) is 0 Å². The van der Waals surface area contributed by atoms with Gasteiger partial charge in [0.2, 0.25) is 5.91 Å². The summed E-state index contributed by atoms with van der Waals surface area (Å²) in [6.45, 7) is 8.71. The standard InChI is InChI=1S/C29H34ClN5O5S2/c1-18(2)34(28(37)40-29(3,4)5)16-23-15-33(42(38,39)27-11-20-8-9-22(30)12-25(20)41-27)17-26(36)35(23)14-19-6-7-21(13-31)24(32)10-19/h6-12,18,23H,14-17,32H2,1-5H3/t23-/m1/s1. The molecule has 10 nitrogen and oxygen atoms in total. The molecule has 0 spiro atoms. The van der Waals surface area contributed by atoms with Gasteiger partial charge in [0, 0.05) is 41.1 Å². The number of nitriles is 1. The molecule has 4 rings (SSSR count). The average Bonchev–Trinajstić information content (AvgIpc) is 3.31. The molecule has 0 saturated carbocycles. The zero-order valence-electron chi connectivity index (χ0n) is 24.1. The zero-order chi connectivity index (χ0) is 31.0. The maximum Gasteiger partial charge on any atom is 0.410 e. The molecule has 1 saturated heterocycles. The number of hydrogen-bond donors (Lipinski definition) is 1. The van der Waals surface area contributed by atoms with Gasteiger partial charge in [0.25, 0.3) is 10.0 Å². The molecule has 1 aliphatic heterocycles. The second-order valence-corrected chi connectivity index (χ2v) is 15.2. The summed E-state index contributed by atoms with van der Waals surface area (Å²) in [6.07, 6.45) is -0.561. The quantitative estimate of drug-likeness (QED) is 0.360. The van der Waals surface area contributed by atoms with Gasteiger partial charge in [-0.25, -0.2) is 13.2 Å². The number of carbonyl (C=O) groups is 2. The van der Waals surface area contributed by atoms with Gasteiger partial charge < -0.3 is 20.3 Å². The summed E-state index contributed by atoms with van der Waals surface area (Å²) in [4.78, 5) is 29.9. The lowest BCUT2D eigenvalue weighted by Crippen LogP contribution is -2.61. The fourth-order valence-corrected chi connectivity index (χ4v) is 7.94. The van der Waals surface area contributed by atoms with E-state index >= 15 is 0 Å². The lowest BCUT2D eigenvalue weighted by atomic mass is 10.1. The molecule has 0 radical (unpaired) electrons. The Balaban J connectivity index is 1.69. The summed E-state index contributed by atoms with van der Waals surface area (Å²) >= 11 is 7.20. The fraction of sp³-hybridized carbons (Fsp3) is 0.414. The third kappa shape index (κ3) is 6.98. The van der Waals surface area contributed by atoms with E-state index in [0.717, 1.165) is 21.4 Å². The molecular weight excluding hydrogens is 598 g/mol. The fourth-order valence-electron chi connectivity index (χ4n) is 4.69. The third-order valence-corrected chi connectivity index (χ3v) is 10.4. The molecule has 2 N–H and O–H groups in total. The average molecular weight is 632 g/mol. The molecule has 3 aromatic rings. The minimum absolute atomic E-state index is 0.0398. The Bertz CT molecular complexity index is 1660. The van der Waals surface area contributed by atoms with Crippen LogP contribution in [0.2, 0.25) is 5.02 Å². The van der Waals surface area contributed by atoms with Gasteiger partial charge in [-0.15, -0.1) is 11.3 Å². The first kappa shape index (κ1) is 31.6. The molecule has 2 heterocycles. The van der Waals surface area contributed by atoms with Crippen molar-refractivity contribution in [3.8, 4) is 6.07 Å². The topological polar surface area (TPSA) is 137 Å². The van der Waals surface area contributed by atoms with Gasteiger partial charge in [-0.3, -0.25) is 4.79 Å². The molecule has 0 bridgehead atoms. The van der Waals surface area contributed by atoms with Crippen LogP contribution >= 0.6 is 22.9 Å². The molecule has 0 aliphatic carbocycles. The number of nitrogens with zero attached hydrogens (tertiary/aromatic N) is 4. The molecule has 1 aromatic heterocycles. The highest BCUT2D eigenvalue weighted by Gasteiger charge is 2.41. The van der Waals surface area contributed by atoms with E-state index in [4.69, 9.17) is 22.1 Å². The van der Waals surface area contributed by atoms with E-state index in [1.165, 1.54) is 9.21 Å². The number of sulfonamides is 1. The summed E-state index contributed by atoms with van der Waals surface area (Å²) in [5, 5.41) is 10.5. The Morgan fingerprint density at radius 2 is 1.95 bits per heavy atom. The van der Waals surface area contributed by atoms with Crippen LogP contribution in [-0.4, -0.2) is 71.8 Å². The van der Waals surface area contributed by atoms with Crippen LogP contribution in [-0.2, 0) is 26.1 Å². The molecule has 224 valence electrons. The first-order valence-electron chi connectivity index (χ1n) is 13.4. The number of ether oxygens (including phenoxy) is 1. The normalized spacial score (nSPS) is 16.6. The van der Waals surface area contributed by atoms with E-state index in [1.54, 1.807) is 68.1 Å². The summed E-state index contributed by atoms with van der Waals surface area (Å²) in [5.74, 6) is -0.421. The van der Waals surface area contributed by atoms with Gasteiger partial charge in [-0.05, 0) is 75.9 Å². The molecule has 0 unspecified atom stereocenters. The lowest BCUT2D eigenvalue weighted by Gasteiger charge is -2.43. The summed E-state index contributed by atoms with van der Waals surface area (Å²) in [5.41, 5.74) is 6.55. The highest BCUT2D eigenvalue weighted by atomic mass is 35.5. The minimum atomic E-state index is -4.05. The van der Waals surface area contributed by atoms with Crippen LogP contribution in [0.5, 0.6) is 0 Å². The predicted molar refractivity (Wildman–Crippen MR) is 164 cm³/mol. The van der Waals surface area contributed by atoms with Crippen LogP contribution in [0.3, 0.4) is 0 Å². The van der Waals surface area contributed by atoms with Crippen molar-refractivity contribution in [3.63, 3.8) is 0 Å². The van der Waals surface area contributed by atoms with E-state index in [0.29, 0.717) is 16.1 Å². The number of benzene rings is 2. The van der Waals surface area contributed by atoms with E-state index in [9.17, 15) is 23.3 Å². The second kappa shape index (κ2) is 12.1. The number of halogens is 1. The van der Waals surface area contributed by atoms with E-state index in [2.05, 4.69) is 0 Å². The molecule has 1 fully saturated rings. The number of amides is 2. The Morgan fingerprint density at radius 1 is 1.24 bits per heavy atom. The van der Waals surface area contributed by atoms with E-state index in [-0.39, 0.29) is 42.1 Å². The van der Waals surface area contributed by atoms with Crippen molar-refractivity contribution in [1.29, 1.82) is 5.26 Å². The first-order chi connectivity index (χ1) is 19.6. The zero-order valence-corrected chi connectivity index (χ0v) is 26.5. The largest absolute Gasteiger partial charge is 0.444 e. The van der Waals surface area contributed by atoms with Crippen molar-refractivity contribution in [3.05, 3.63) is 58.6 Å². The number of nitrogens with two attached hydrogens (primary N) is 1. The molecule has 2 amide bonds. The smallest absolute Gasteiger partial charge is 0.410 e.